The maximum atomic E-state index is 5.06. The molecule has 0 saturated heterocycles. The highest BCUT2D eigenvalue weighted by Gasteiger charge is 2.27. The molecule has 0 spiro atoms. The Labute approximate surface area is 593 Å². The molecule has 0 aliphatic rings. The van der Waals surface area contributed by atoms with Gasteiger partial charge in [-0.15, -0.1) is 22.7 Å². The fourth-order valence-electron chi connectivity index (χ4n) is 15.2. The number of nitrogens with zero attached hydrogens (tertiary/aromatic N) is 2. The van der Waals surface area contributed by atoms with E-state index in [2.05, 4.69) is 359 Å². The summed E-state index contributed by atoms with van der Waals surface area (Å²) in [6.07, 6.45) is 0. The van der Waals surface area contributed by atoms with E-state index in [1.165, 1.54) is 163 Å². The van der Waals surface area contributed by atoms with Crippen LogP contribution in [-0.4, -0.2) is 9.97 Å². The largest absolute Gasteiger partial charge is 0.236 e. The molecule has 2 nitrogen and oxygen atoms in total. The molecule has 0 N–H and O–H groups in total. The van der Waals surface area contributed by atoms with Gasteiger partial charge in [-0.05, 0) is 215 Å². The molecule has 2 heterocycles. The van der Waals surface area contributed by atoms with Crippen molar-refractivity contribution >= 4 is 108 Å². The van der Waals surface area contributed by atoms with E-state index in [1.807, 2.05) is 0 Å². The van der Waals surface area contributed by atoms with Gasteiger partial charge >= 0.3 is 0 Å². The molecule has 2 aromatic heterocycles. The minimum absolute atomic E-state index is 0.127. The Hall–Kier alpha value is -11.1. The molecule has 4 heteroatoms. The van der Waals surface area contributed by atoms with E-state index >= 15 is 0 Å². The van der Waals surface area contributed by atoms with Crippen LogP contribution < -0.4 is 0 Å². The van der Waals surface area contributed by atoms with Crippen LogP contribution in [0.25, 0.3) is 173 Å². The Bertz CT molecular complexity index is 5810. The summed E-state index contributed by atoms with van der Waals surface area (Å²) in [5.41, 5.74) is 24.7. The van der Waals surface area contributed by atoms with Gasteiger partial charge in [0.15, 0.2) is 0 Å². The van der Waals surface area contributed by atoms with E-state index < -0.39 is 0 Å². The first-order valence-electron chi connectivity index (χ1n) is 34.8. The summed E-state index contributed by atoms with van der Waals surface area (Å²) < 4.78 is 2.43. The number of hydrogen-bond donors (Lipinski definition) is 0. The van der Waals surface area contributed by atoms with Crippen molar-refractivity contribution in [2.45, 2.75) is 66.2 Å². The zero-order valence-electron chi connectivity index (χ0n) is 57.6. The second kappa shape index (κ2) is 25.0. The van der Waals surface area contributed by atoms with Crippen LogP contribution >= 0.6 is 22.7 Å². The number of aryl methyl sites for hydroxylation is 2. The molecule has 16 aromatic carbocycles. The smallest absolute Gasteiger partial charge is 0.124 e. The third-order valence-electron chi connectivity index (χ3n) is 20.2. The second-order valence-electron chi connectivity index (χ2n) is 28.9. The zero-order valence-corrected chi connectivity index (χ0v) is 59.2. The Morgan fingerprint density at radius 2 is 0.510 bits per heavy atom. The number of fused-ring (bicyclic) bond motifs is 8. The monoisotopic (exact) mass is 1320 g/mol. The van der Waals surface area contributed by atoms with Crippen LogP contribution in [0.5, 0.6) is 0 Å². The summed E-state index contributed by atoms with van der Waals surface area (Å²) in [5.74, 6) is 0. The molecule has 0 unspecified atom stereocenters. The van der Waals surface area contributed by atoms with Gasteiger partial charge in [-0.25, -0.2) is 9.97 Å². The van der Waals surface area contributed by atoms with Crippen molar-refractivity contribution in [1.29, 1.82) is 0 Å². The highest BCUT2D eigenvalue weighted by atomic mass is 32.1. The molecule has 480 valence electrons. The van der Waals surface area contributed by atoms with E-state index in [4.69, 9.17) is 9.97 Å². The van der Waals surface area contributed by atoms with Crippen LogP contribution in [0.3, 0.4) is 0 Å². The van der Waals surface area contributed by atoms with Gasteiger partial charge in [0, 0.05) is 11.1 Å². The summed E-state index contributed by atoms with van der Waals surface area (Å²) in [5, 5.41) is 17.2. The van der Waals surface area contributed by atoms with Crippen molar-refractivity contribution in [2.24, 2.45) is 0 Å². The quantitative estimate of drug-likeness (QED) is 0.142. The summed E-state index contributed by atoms with van der Waals surface area (Å²) >= 11 is 3.52. The Balaban J connectivity index is 0.000000168. The van der Waals surface area contributed by atoms with Crippen molar-refractivity contribution in [3.05, 3.63) is 326 Å². The van der Waals surface area contributed by atoms with Gasteiger partial charge < -0.3 is 0 Å². The molecule has 18 rings (SSSR count). The third-order valence-corrected chi connectivity index (χ3v) is 22.3. The van der Waals surface area contributed by atoms with Crippen molar-refractivity contribution in [2.75, 3.05) is 0 Å². The summed E-state index contributed by atoms with van der Waals surface area (Å²) in [7, 11) is 0. The van der Waals surface area contributed by atoms with E-state index in [0.717, 1.165) is 32.2 Å². The molecule has 0 radical (unpaired) electrons. The van der Waals surface area contributed by atoms with Crippen LogP contribution in [0.1, 0.15) is 63.8 Å². The first kappa shape index (κ1) is 62.4. The number of aromatic nitrogens is 2. The van der Waals surface area contributed by atoms with Crippen LogP contribution in [0.15, 0.2) is 303 Å². The molecule has 0 fully saturated rings. The molecule has 0 amide bonds. The summed E-state index contributed by atoms with van der Waals surface area (Å²) in [4.78, 5) is 10.1. The fraction of sp³-hybridized carbons (Fsp3) is 0.104. The Kier molecular flexibility index (Phi) is 15.6. The maximum Gasteiger partial charge on any atom is 0.124 e. The van der Waals surface area contributed by atoms with Crippen LogP contribution in [0.4, 0.5) is 0 Å². The van der Waals surface area contributed by atoms with Crippen LogP contribution in [0.2, 0.25) is 0 Å². The highest BCUT2D eigenvalue weighted by Crippen LogP contribution is 2.55. The number of thiazole rings is 2. The molecule has 0 bridgehead atoms. The van der Waals surface area contributed by atoms with Gasteiger partial charge in [-0.1, -0.05) is 308 Å². The average Bonchev–Trinajstić information content (AvgIpc) is 1.12. The molecule has 0 aliphatic carbocycles. The third kappa shape index (κ3) is 11.2. The van der Waals surface area contributed by atoms with Crippen molar-refractivity contribution in [1.82, 2.24) is 9.97 Å². The van der Waals surface area contributed by atoms with E-state index in [9.17, 15) is 0 Å². The van der Waals surface area contributed by atoms with Crippen molar-refractivity contribution in [3.8, 4) is 87.9 Å². The van der Waals surface area contributed by atoms with Gasteiger partial charge in [0.05, 0.1) is 20.4 Å². The van der Waals surface area contributed by atoms with E-state index in [1.54, 1.807) is 22.7 Å². The Morgan fingerprint density at radius 1 is 0.240 bits per heavy atom. The van der Waals surface area contributed by atoms with Gasteiger partial charge in [0.2, 0.25) is 0 Å². The maximum absolute atomic E-state index is 5.06. The molecule has 18 aromatic rings. The minimum Gasteiger partial charge on any atom is -0.236 e. The number of rotatable bonds is 8. The Morgan fingerprint density at radius 3 is 0.840 bits per heavy atom. The number of benzene rings is 16. The van der Waals surface area contributed by atoms with Crippen LogP contribution in [0, 0.1) is 13.8 Å². The van der Waals surface area contributed by atoms with E-state index in [0.29, 0.717) is 0 Å². The highest BCUT2D eigenvalue weighted by molar-refractivity contribution is 7.22. The molecular weight excluding hydrogens is 1250 g/mol. The SMILES string of the molecule is CC(C)(C)c1ccc(-c2c3ccccc3c(-c3ccc(C(C)(C)C)cc3)c3cc4ccccc4cc23)cc1.Cc1ccc2nc(-c3ccc(-c4c5ccccc5c(-c5ccc(-c6nc7ccc(C)cc7s6)cc5)c5c(-c6ccccc6)c6ccccc6c(-c6ccccc6)c45)cc3)sc2c1. The van der Waals surface area contributed by atoms with Crippen LogP contribution in [-0.2, 0) is 10.8 Å². The number of hydrogen-bond acceptors (Lipinski definition) is 4. The molecule has 0 aliphatic heterocycles. The average molecular weight is 1320 g/mol. The van der Waals surface area contributed by atoms with Crippen molar-refractivity contribution < 1.29 is 0 Å². The van der Waals surface area contributed by atoms with Gasteiger partial charge in [-0.3, -0.25) is 0 Å². The zero-order chi connectivity index (χ0) is 68.0. The lowest BCUT2D eigenvalue weighted by Gasteiger charge is -2.25. The predicted molar refractivity (Wildman–Crippen MR) is 435 cm³/mol. The molecular formula is C96H74N2S2. The van der Waals surface area contributed by atoms with Gasteiger partial charge in [-0.2, -0.15) is 0 Å². The summed E-state index contributed by atoms with van der Waals surface area (Å²) in [6, 6.07) is 112. The normalized spacial score (nSPS) is 12.0. The lowest BCUT2D eigenvalue weighted by molar-refractivity contribution is 0.590. The van der Waals surface area contributed by atoms with Gasteiger partial charge in [0.25, 0.3) is 0 Å². The van der Waals surface area contributed by atoms with Gasteiger partial charge in [0.1, 0.15) is 10.0 Å². The molecule has 0 saturated carbocycles. The van der Waals surface area contributed by atoms with Crippen molar-refractivity contribution in [3.63, 3.8) is 0 Å². The second-order valence-corrected chi connectivity index (χ2v) is 31.0. The topological polar surface area (TPSA) is 25.8 Å². The summed E-state index contributed by atoms with van der Waals surface area (Å²) in [6.45, 7) is 17.9. The lowest BCUT2D eigenvalue weighted by Crippen LogP contribution is -2.10. The van der Waals surface area contributed by atoms with E-state index in [-0.39, 0.29) is 10.8 Å². The molecule has 100 heavy (non-hydrogen) atoms. The lowest BCUT2D eigenvalue weighted by atomic mass is 9.77. The molecule has 0 atom stereocenters. The standard InChI is InChI=1S/C58H38N2S2.C38H36/c1-35-21-31-47-49(33-35)61-57(59-47)41-27-23-39(24-28-41)53-45-19-11-12-20-46(45)54(40-25-29-42(30-26-40)58-60-48-32-22-36(2)34-50(48)62-58)56-52(38-15-7-4-8-16-38)44-18-10-9-17-43(44)51(55(53)56)37-13-5-3-6-14-37;1-37(2,3)29-19-15-25(16-20-29)35-31-13-9-10-14-32(31)36(26-17-21-30(22-18-26)38(4,5)6)34-24-28-12-8-7-11-27(28)23-33(34)35/h3-34H,1-2H3;7-24H,1-6H3. The fourth-order valence-corrected chi connectivity index (χ4v) is 17.3. The first-order chi connectivity index (χ1) is 48.7. The first-order valence-corrected chi connectivity index (χ1v) is 36.4. The predicted octanol–water partition coefficient (Wildman–Crippen LogP) is 28.1. The minimum atomic E-state index is 0.127.